The first-order valence-electron chi connectivity index (χ1n) is 8.90. The van der Waals surface area contributed by atoms with Gasteiger partial charge in [-0.05, 0) is 37.1 Å². The Morgan fingerprint density at radius 1 is 1.00 bits per heavy atom. The number of carbonyl (C=O) groups is 1. The second-order valence-electron chi connectivity index (χ2n) is 6.79. The van der Waals surface area contributed by atoms with E-state index in [0.29, 0.717) is 0 Å². The lowest BCUT2D eigenvalue weighted by atomic mass is 10.1. The van der Waals surface area contributed by atoms with Gasteiger partial charge in [-0.2, -0.15) is 0 Å². The number of hydrogen-bond acceptors (Lipinski definition) is 5. The van der Waals surface area contributed by atoms with Crippen LogP contribution in [0.1, 0.15) is 19.8 Å². The lowest BCUT2D eigenvalue weighted by Gasteiger charge is -2.35. The van der Waals surface area contributed by atoms with Crippen molar-refractivity contribution in [1.29, 1.82) is 0 Å². The highest BCUT2D eigenvalue weighted by Gasteiger charge is 2.31. The first-order valence-corrected chi connectivity index (χ1v) is 8.90. The molecule has 0 unspecified atom stereocenters. The lowest BCUT2D eigenvalue weighted by molar-refractivity contribution is -0.114. The van der Waals surface area contributed by atoms with Gasteiger partial charge in [0.2, 0.25) is 5.91 Å². The number of benzene rings is 1. The van der Waals surface area contributed by atoms with E-state index in [-0.39, 0.29) is 5.91 Å². The van der Waals surface area contributed by atoms with E-state index in [2.05, 4.69) is 31.4 Å². The summed E-state index contributed by atoms with van der Waals surface area (Å²) in [5.41, 5.74) is 2.62. The number of carbonyl (C=O) groups excluding carboxylic acids is 1. The van der Waals surface area contributed by atoms with Gasteiger partial charge in [-0.25, -0.2) is 0 Å². The van der Waals surface area contributed by atoms with Crippen LogP contribution in [-0.4, -0.2) is 53.2 Å². The zero-order chi connectivity index (χ0) is 17.2. The van der Waals surface area contributed by atoms with Gasteiger partial charge in [0.15, 0.2) is 5.82 Å². The predicted octanol–water partition coefficient (Wildman–Crippen LogP) is 2.39. The highest BCUT2D eigenvalue weighted by molar-refractivity contribution is 5.88. The topological polar surface area (TPSA) is 61.4 Å². The molecule has 6 heteroatoms. The standard InChI is InChI=1S/C19H23N5O/c1-14(25)20-16-4-2-15(3-5-16)18-8-9-19(22-21-18)24-12-10-23(11-13-24)17-6-7-17/h2-5,8-9,17H,6-7,10-13H2,1H3,(H,20,25). The van der Waals surface area contributed by atoms with Crippen molar-refractivity contribution in [2.24, 2.45) is 0 Å². The molecule has 1 aromatic carbocycles. The Balaban J connectivity index is 1.40. The Hall–Kier alpha value is -2.47. The van der Waals surface area contributed by atoms with E-state index in [1.807, 2.05) is 30.3 Å². The zero-order valence-electron chi connectivity index (χ0n) is 14.5. The number of nitrogens with zero attached hydrogens (tertiary/aromatic N) is 4. The Kier molecular flexibility index (Phi) is 4.36. The summed E-state index contributed by atoms with van der Waals surface area (Å²) < 4.78 is 0. The van der Waals surface area contributed by atoms with E-state index in [1.54, 1.807) is 0 Å². The Labute approximate surface area is 147 Å². The molecule has 4 rings (SSSR count). The summed E-state index contributed by atoms with van der Waals surface area (Å²) in [5.74, 6) is 0.882. The fourth-order valence-electron chi connectivity index (χ4n) is 3.33. The van der Waals surface area contributed by atoms with Gasteiger partial charge < -0.3 is 10.2 Å². The van der Waals surface area contributed by atoms with Crippen LogP contribution in [0, 0.1) is 0 Å². The number of hydrogen-bond donors (Lipinski definition) is 1. The van der Waals surface area contributed by atoms with E-state index in [1.165, 1.54) is 19.8 Å². The summed E-state index contributed by atoms with van der Waals surface area (Å²) in [5, 5.41) is 11.6. The van der Waals surface area contributed by atoms with E-state index in [4.69, 9.17) is 0 Å². The quantitative estimate of drug-likeness (QED) is 0.928. The van der Waals surface area contributed by atoms with Gasteiger partial charge in [0.25, 0.3) is 0 Å². The van der Waals surface area contributed by atoms with Crippen LogP contribution in [0.25, 0.3) is 11.3 Å². The van der Waals surface area contributed by atoms with Gasteiger partial charge in [0, 0.05) is 50.4 Å². The maximum absolute atomic E-state index is 11.1. The number of anilines is 2. The number of amides is 1. The summed E-state index contributed by atoms with van der Waals surface area (Å²) in [7, 11) is 0. The third kappa shape index (κ3) is 3.79. The highest BCUT2D eigenvalue weighted by atomic mass is 16.1. The molecule has 2 aromatic rings. The minimum Gasteiger partial charge on any atom is -0.353 e. The van der Waals surface area contributed by atoms with Crippen LogP contribution in [0.2, 0.25) is 0 Å². The molecule has 1 amide bonds. The Bertz CT molecular complexity index is 731. The SMILES string of the molecule is CC(=O)Nc1ccc(-c2ccc(N3CCN(C4CC4)CC3)nn2)cc1. The van der Waals surface area contributed by atoms with Gasteiger partial charge in [-0.15, -0.1) is 10.2 Å². The van der Waals surface area contributed by atoms with E-state index in [9.17, 15) is 4.79 Å². The van der Waals surface area contributed by atoms with Crippen LogP contribution in [0.4, 0.5) is 11.5 Å². The van der Waals surface area contributed by atoms with Crippen LogP contribution in [0.5, 0.6) is 0 Å². The van der Waals surface area contributed by atoms with Crippen LogP contribution >= 0.6 is 0 Å². The fourth-order valence-corrected chi connectivity index (χ4v) is 3.33. The van der Waals surface area contributed by atoms with Crippen LogP contribution in [0.15, 0.2) is 36.4 Å². The number of nitrogens with one attached hydrogen (secondary N) is 1. The molecule has 25 heavy (non-hydrogen) atoms. The van der Waals surface area contributed by atoms with Crippen LogP contribution in [-0.2, 0) is 4.79 Å². The molecule has 1 aliphatic carbocycles. The average molecular weight is 337 g/mol. The van der Waals surface area contributed by atoms with Gasteiger partial charge in [0.05, 0.1) is 5.69 Å². The minimum atomic E-state index is -0.0707. The molecule has 0 spiro atoms. The molecule has 1 saturated heterocycles. The second-order valence-corrected chi connectivity index (χ2v) is 6.79. The number of piperazine rings is 1. The van der Waals surface area contributed by atoms with Crippen LogP contribution < -0.4 is 10.2 Å². The molecule has 0 bridgehead atoms. The smallest absolute Gasteiger partial charge is 0.221 e. The Morgan fingerprint density at radius 2 is 1.72 bits per heavy atom. The van der Waals surface area contributed by atoms with Crippen molar-refractivity contribution >= 4 is 17.4 Å². The van der Waals surface area contributed by atoms with E-state index < -0.39 is 0 Å². The van der Waals surface area contributed by atoms with Crippen molar-refractivity contribution in [3.8, 4) is 11.3 Å². The largest absolute Gasteiger partial charge is 0.353 e. The van der Waals surface area contributed by atoms with Gasteiger partial charge in [-0.1, -0.05) is 12.1 Å². The normalized spacial score (nSPS) is 18.2. The third-order valence-corrected chi connectivity index (χ3v) is 4.85. The first kappa shape index (κ1) is 16.0. The highest BCUT2D eigenvalue weighted by Crippen LogP contribution is 2.28. The molecule has 1 aromatic heterocycles. The first-order chi connectivity index (χ1) is 12.2. The Morgan fingerprint density at radius 3 is 2.28 bits per heavy atom. The molecule has 2 aliphatic rings. The molecule has 0 atom stereocenters. The zero-order valence-corrected chi connectivity index (χ0v) is 14.5. The molecular formula is C19H23N5O. The molecule has 0 radical (unpaired) electrons. The van der Waals surface area contributed by atoms with Crippen molar-refractivity contribution in [1.82, 2.24) is 15.1 Å². The van der Waals surface area contributed by atoms with Crippen molar-refractivity contribution in [2.45, 2.75) is 25.8 Å². The van der Waals surface area contributed by atoms with E-state index >= 15 is 0 Å². The summed E-state index contributed by atoms with van der Waals surface area (Å²) in [6.45, 7) is 5.80. The molecular weight excluding hydrogens is 314 g/mol. The summed E-state index contributed by atoms with van der Waals surface area (Å²) in [6, 6.07) is 12.6. The molecule has 6 nitrogen and oxygen atoms in total. The monoisotopic (exact) mass is 337 g/mol. The van der Waals surface area contributed by atoms with Crippen LogP contribution in [0.3, 0.4) is 0 Å². The molecule has 1 aliphatic heterocycles. The second kappa shape index (κ2) is 6.80. The van der Waals surface area contributed by atoms with Gasteiger partial charge >= 0.3 is 0 Å². The third-order valence-electron chi connectivity index (χ3n) is 4.85. The summed E-state index contributed by atoms with van der Waals surface area (Å²) in [6.07, 6.45) is 2.74. The number of aromatic nitrogens is 2. The molecule has 1 saturated carbocycles. The van der Waals surface area contributed by atoms with Crippen molar-refractivity contribution in [2.75, 3.05) is 36.4 Å². The summed E-state index contributed by atoms with van der Waals surface area (Å²) >= 11 is 0. The number of rotatable bonds is 4. The van der Waals surface area contributed by atoms with E-state index in [0.717, 1.165) is 55.0 Å². The van der Waals surface area contributed by atoms with Crippen molar-refractivity contribution in [3.63, 3.8) is 0 Å². The maximum atomic E-state index is 11.1. The van der Waals surface area contributed by atoms with Gasteiger partial charge in [-0.3, -0.25) is 9.69 Å². The minimum absolute atomic E-state index is 0.0707. The fraction of sp³-hybridized carbons (Fsp3) is 0.421. The maximum Gasteiger partial charge on any atom is 0.221 e. The average Bonchev–Trinajstić information content (AvgIpc) is 3.47. The van der Waals surface area contributed by atoms with Crippen molar-refractivity contribution in [3.05, 3.63) is 36.4 Å². The predicted molar refractivity (Wildman–Crippen MR) is 98.6 cm³/mol. The molecule has 1 N–H and O–H groups in total. The lowest BCUT2D eigenvalue weighted by Crippen LogP contribution is -2.47. The molecule has 130 valence electrons. The molecule has 2 heterocycles. The summed E-state index contributed by atoms with van der Waals surface area (Å²) in [4.78, 5) is 16.0. The van der Waals surface area contributed by atoms with Crippen molar-refractivity contribution < 1.29 is 4.79 Å². The molecule has 2 fully saturated rings. The van der Waals surface area contributed by atoms with Gasteiger partial charge in [0.1, 0.15) is 0 Å².